The number of likely N-dealkylation sites (N-methyl/N-ethyl adjacent to an activating group) is 1. The number of carbonyl (C=O) groups is 1. The first-order valence-corrected chi connectivity index (χ1v) is 6.81. The third-order valence-electron chi connectivity index (χ3n) is 3.61. The van der Waals surface area contributed by atoms with Gasteiger partial charge in [-0.1, -0.05) is 11.6 Å². The predicted molar refractivity (Wildman–Crippen MR) is 75.7 cm³/mol. The molecule has 1 aromatic rings. The molecule has 0 aliphatic carbocycles. The first kappa shape index (κ1) is 14.2. The molecule has 1 N–H and O–H groups in total. The number of piperidine rings is 1. The van der Waals surface area contributed by atoms with E-state index in [9.17, 15) is 9.90 Å². The van der Waals surface area contributed by atoms with Gasteiger partial charge in [-0.05, 0) is 45.1 Å². The van der Waals surface area contributed by atoms with E-state index >= 15 is 0 Å². The number of phenols is 1. The first-order chi connectivity index (χ1) is 8.99. The number of hydrogen-bond donors (Lipinski definition) is 1. The maximum Gasteiger partial charge on any atom is 0.253 e. The molecule has 1 aromatic carbocycles. The summed E-state index contributed by atoms with van der Waals surface area (Å²) in [5.41, 5.74) is 0.530. The number of halogens is 1. The number of benzene rings is 1. The van der Waals surface area contributed by atoms with E-state index in [1.807, 2.05) is 19.0 Å². The lowest BCUT2D eigenvalue weighted by molar-refractivity contribution is 0.0635. The van der Waals surface area contributed by atoms with Crippen LogP contribution in [0, 0.1) is 0 Å². The normalized spacial score (nSPS) is 19.8. The zero-order valence-electron chi connectivity index (χ0n) is 11.3. The Morgan fingerprint density at radius 2 is 2.21 bits per heavy atom. The molecule has 0 aromatic heterocycles. The highest BCUT2D eigenvalue weighted by Crippen LogP contribution is 2.25. The van der Waals surface area contributed by atoms with Gasteiger partial charge in [-0.25, -0.2) is 0 Å². The molecule has 1 saturated heterocycles. The molecule has 5 heteroatoms. The SMILES string of the molecule is CN(C)C1CCCN(C(=O)c2ccc(O)c(Cl)c2)C1. The second-order valence-electron chi connectivity index (χ2n) is 5.18. The van der Waals surface area contributed by atoms with Crippen LogP contribution in [-0.2, 0) is 0 Å². The molecule has 104 valence electrons. The quantitative estimate of drug-likeness (QED) is 0.904. The van der Waals surface area contributed by atoms with E-state index in [0.29, 0.717) is 11.6 Å². The van der Waals surface area contributed by atoms with Crippen molar-refractivity contribution in [1.82, 2.24) is 9.80 Å². The molecular formula is C14H19ClN2O2. The van der Waals surface area contributed by atoms with Crippen LogP contribution in [0.1, 0.15) is 23.2 Å². The third-order valence-corrected chi connectivity index (χ3v) is 3.91. The Morgan fingerprint density at radius 1 is 1.47 bits per heavy atom. The van der Waals surface area contributed by atoms with Crippen molar-refractivity contribution in [3.8, 4) is 5.75 Å². The first-order valence-electron chi connectivity index (χ1n) is 6.43. The maximum atomic E-state index is 12.4. The average molecular weight is 283 g/mol. The zero-order valence-corrected chi connectivity index (χ0v) is 12.0. The maximum absolute atomic E-state index is 12.4. The predicted octanol–water partition coefficient (Wildman–Crippen LogP) is 2.21. The fraction of sp³-hybridized carbons (Fsp3) is 0.500. The van der Waals surface area contributed by atoms with Gasteiger partial charge in [-0.3, -0.25) is 4.79 Å². The van der Waals surface area contributed by atoms with Crippen molar-refractivity contribution in [2.45, 2.75) is 18.9 Å². The number of likely N-dealkylation sites (tertiary alicyclic amines) is 1. The summed E-state index contributed by atoms with van der Waals surface area (Å²) in [7, 11) is 4.08. The summed E-state index contributed by atoms with van der Waals surface area (Å²) in [4.78, 5) is 16.4. The Bertz CT molecular complexity index is 477. The summed E-state index contributed by atoms with van der Waals surface area (Å²) >= 11 is 5.85. The van der Waals surface area contributed by atoms with Gasteiger partial charge in [0.15, 0.2) is 0 Å². The molecule has 1 aliphatic rings. The Labute approximate surface area is 118 Å². The summed E-state index contributed by atoms with van der Waals surface area (Å²) < 4.78 is 0. The topological polar surface area (TPSA) is 43.8 Å². The summed E-state index contributed by atoms with van der Waals surface area (Å²) in [6.07, 6.45) is 2.13. The lowest BCUT2D eigenvalue weighted by Gasteiger charge is -2.36. The minimum Gasteiger partial charge on any atom is -0.506 e. The van der Waals surface area contributed by atoms with E-state index in [1.54, 1.807) is 6.07 Å². The molecule has 0 saturated carbocycles. The van der Waals surface area contributed by atoms with E-state index in [2.05, 4.69) is 4.90 Å². The second kappa shape index (κ2) is 5.80. The van der Waals surface area contributed by atoms with Crippen LogP contribution in [0.4, 0.5) is 0 Å². The molecule has 1 unspecified atom stereocenters. The van der Waals surface area contributed by atoms with Crippen LogP contribution in [0.15, 0.2) is 18.2 Å². The van der Waals surface area contributed by atoms with Gasteiger partial charge in [0.05, 0.1) is 5.02 Å². The van der Waals surface area contributed by atoms with Gasteiger partial charge in [-0.15, -0.1) is 0 Å². The van der Waals surface area contributed by atoms with Gasteiger partial charge in [0.25, 0.3) is 5.91 Å². The van der Waals surface area contributed by atoms with E-state index in [0.717, 1.165) is 25.9 Å². The molecule has 1 aliphatic heterocycles. The van der Waals surface area contributed by atoms with Crippen LogP contribution in [0.25, 0.3) is 0 Å². The Kier molecular flexibility index (Phi) is 4.32. The molecule has 0 bridgehead atoms. The monoisotopic (exact) mass is 282 g/mol. The van der Waals surface area contributed by atoms with Crippen LogP contribution in [-0.4, -0.2) is 54.0 Å². The Balaban J connectivity index is 2.12. The Hall–Kier alpha value is -1.26. The van der Waals surface area contributed by atoms with Crippen molar-refractivity contribution in [2.75, 3.05) is 27.2 Å². The van der Waals surface area contributed by atoms with Gasteiger partial charge in [0.1, 0.15) is 5.75 Å². The van der Waals surface area contributed by atoms with E-state index in [4.69, 9.17) is 11.6 Å². The standard InChI is InChI=1S/C14H19ClN2O2/c1-16(2)11-4-3-7-17(9-11)14(19)10-5-6-13(18)12(15)8-10/h5-6,8,11,18H,3-4,7,9H2,1-2H3. The van der Waals surface area contributed by atoms with E-state index in [-0.39, 0.29) is 16.7 Å². The highest BCUT2D eigenvalue weighted by molar-refractivity contribution is 6.32. The van der Waals surface area contributed by atoms with Crippen LogP contribution >= 0.6 is 11.6 Å². The largest absolute Gasteiger partial charge is 0.506 e. The van der Waals surface area contributed by atoms with Gasteiger partial charge in [0, 0.05) is 24.7 Å². The van der Waals surface area contributed by atoms with Crippen LogP contribution in [0.5, 0.6) is 5.75 Å². The van der Waals surface area contributed by atoms with Crippen molar-refractivity contribution in [3.05, 3.63) is 28.8 Å². The van der Waals surface area contributed by atoms with E-state index in [1.165, 1.54) is 12.1 Å². The number of carbonyl (C=O) groups excluding carboxylic acids is 1. The smallest absolute Gasteiger partial charge is 0.253 e. The van der Waals surface area contributed by atoms with Gasteiger partial charge < -0.3 is 14.9 Å². The molecule has 4 nitrogen and oxygen atoms in total. The molecule has 1 atom stereocenters. The number of aromatic hydroxyl groups is 1. The minimum atomic E-state index is -0.0200. The lowest BCUT2D eigenvalue weighted by Crippen LogP contribution is -2.47. The molecule has 0 radical (unpaired) electrons. The molecule has 1 amide bonds. The van der Waals surface area contributed by atoms with E-state index < -0.39 is 0 Å². The summed E-state index contributed by atoms with van der Waals surface area (Å²) in [5.74, 6) is -0.0171. The highest BCUT2D eigenvalue weighted by atomic mass is 35.5. The zero-order chi connectivity index (χ0) is 14.0. The number of hydrogen-bond acceptors (Lipinski definition) is 3. The number of rotatable bonds is 2. The van der Waals surface area contributed by atoms with Crippen LogP contribution < -0.4 is 0 Å². The highest BCUT2D eigenvalue weighted by Gasteiger charge is 2.25. The van der Waals surface area contributed by atoms with Gasteiger partial charge in [0.2, 0.25) is 0 Å². The molecule has 19 heavy (non-hydrogen) atoms. The van der Waals surface area contributed by atoms with Gasteiger partial charge >= 0.3 is 0 Å². The minimum absolute atomic E-state index is 0.00280. The third kappa shape index (κ3) is 3.19. The molecule has 0 spiro atoms. The number of phenolic OH excluding ortho intramolecular Hbond substituents is 1. The second-order valence-corrected chi connectivity index (χ2v) is 5.58. The molecule has 1 fully saturated rings. The number of nitrogens with zero attached hydrogens (tertiary/aromatic N) is 2. The Morgan fingerprint density at radius 3 is 2.84 bits per heavy atom. The summed E-state index contributed by atoms with van der Waals surface area (Å²) in [6, 6.07) is 5.01. The summed E-state index contributed by atoms with van der Waals surface area (Å²) in [6.45, 7) is 1.52. The van der Waals surface area contributed by atoms with Crippen molar-refractivity contribution in [2.24, 2.45) is 0 Å². The van der Waals surface area contributed by atoms with Crippen molar-refractivity contribution >= 4 is 17.5 Å². The van der Waals surface area contributed by atoms with Crippen LogP contribution in [0.2, 0.25) is 5.02 Å². The van der Waals surface area contributed by atoms with Crippen molar-refractivity contribution in [3.63, 3.8) is 0 Å². The van der Waals surface area contributed by atoms with Gasteiger partial charge in [-0.2, -0.15) is 0 Å². The fourth-order valence-electron chi connectivity index (χ4n) is 2.38. The van der Waals surface area contributed by atoms with Crippen LogP contribution in [0.3, 0.4) is 0 Å². The molecule has 1 heterocycles. The molecule has 2 rings (SSSR count). The average Bonchev–Trinajstić information content (AvgIpc) is 2.41. The van der Waals surface area contributed by atoms with Crippen molar-refractivity contribution in [1.29, 1.82) is 0 Å². The molecular weight excluding hydrogens is 264 g/mol. The van der Waals surface area contributed by atoms with Crippen molar-refractivity contribution < 1.29 is 9.90 Å². The number of amides is 1. The fourth-order valence-corrected chi connectivity index (χ4v) is 2.56. The summed E-state index contributed by atoms with van der Waals surface area (Å²) in [5, 5.41) is 9.60. The lowest BCUT2D eigenvalue weighted by atomic mass is 10.0.